The minimum absolute atomic E-state index is 0.135. The lowest BCUT2D eigenvalue weighted by molar-refractivity contribution is -0.131. The summed E-state index contributed by atoms with van der Waals surface area (Å²) in [6, 6.07) is 7.67. The van der Waals surface area contributed by atoms with E-state index in [0.29, 0.717) is 0 Å². The highest BCUT2D eigenvalue weighted by atomic mass is 16.6. The van der Waals surface area contributed by atoms with E-state index < -0.39 is 35.9 Å². The van der Waals surface area contributed by atoms with Crippen molar-refractivity contribution in [3.05, 3.63) is 35.9 Å². The first-order valence-electron chi connectivity index (χ1n) is 7.70. The highest BCUT2D eigenvalue weighted by Crippen LogP contribution is 2.26. The summed E-state index contributed by atoms with van der Waals surface area (Å²) in [5.74, 6) is -1.86. The number of benzene rings is 1. The molecule has 1 saturated heterocycles. The predicted molar refractivity (Wildman–Crippen MR) is 87.0 cm³/mol. The largest absolute Gasteiger partial charge is 0.447 e. The molecule has 1 fully saturated rings. The molecule has 4 N–H and O–H groups in total. The number of nitrogens with zero attached hydrogens (tertiary/aromatic N) is 1. The van der Waals surface area contributed by atoms with Crippen LogP contribution in [0.1, 0.15) is 18.0 Å². The Morgan fingerprint density at radius 1 is 1.32 bits per heavy atom. The quantitative estimate of drug-likeness (QED) is 0.599. The second kappa shape index (κ2) is 8.13. The smallest absolute Gasteiger partial charge is 0.410 e. The van der Waals surface area contributed by atoms with Gasteiger partial charge in [0.2, 0.25) is 17.7 Å². The molecule has 1 aliphatic heterocycles. The normalized spacial score (nSPS) is 17.6. The van der Waals surface area contributed by atoms with Gasteiger partial charge in [-0.1, -0.05) is 30.3 Å². The summed E-state index contributed by atoms with van der Waals surface area (Å²) in [4.78, 5) is 48.2. The molecule has 0 spiro atoms. The minimum atomic E-state index is -1.09. The third-order valence-electron chi connectivity index (χ3n) is 3.78. The van der Waals surface area contributed by atoms with Gasteiger partial charge in [-0.25, -0.2) is 4.79 Å². The van der Waals surface area contributed by atoms with Crippen LogP contribution in [-0.4, -0.2) is 55.0 Å². The van der Waals surface area contributed by atoms with Gasteiger partial charge in [-0.2, -0.15) is 0 Å². The molecule has 1 aromatic rings. The van der Waals surface area contributed by atoms with E-state index in [2.05, 4.69) is 10.6 Å². The topological polar surface area (TPSA) is 131 Å². The van der Waals surface area contributed by atoms with Gasteiger partial charge in [0.25, 0.3) is 0 Å². The zero-order valence-corrected chi connectivity index (χ0v) is 13.7. The Bertz CT molecular complexity index is 664. The summed E-state index contributed by atoms with van der Waals surface area (Å²) >= 11 is 0. The molecule has 25 heavy (non-hydrogen) atoms. The lowest BCUT2D eigenvalue weighted by Gasteiger charge is -2.22. The third kappa shape index (κ3) is 4.69. The van der Waals surface area contributed by atoms with Gasteiger partial charge in [-0.05, 0) is 5.56 Å². The number of hydrogen-bond acceptors (Lipinski definition) is 5. The monoisotopic (exact) mass is 348 g/mol. The van der Waals surface area contributed by atoms with Crippen molar-refractivity contribution >= 4 is 23.8 Å². The Morgan fingerprint density at radius 2 is 2.00 bits per heavy atom. The van der Waals surface area contributed by atoms with Crippen LogP contribution < -0.4 is 16.4 Å². The highest BCUT2D eigenvalue weighted by Gasteiger charge is 2.36. The predicted octanol–water partition coefficient (Wildman–Crippen LogP) is -0.714. The van der Waals surface area contributed by atoms with Crippen LogP contribution in [-0.2, 0) is 19.1 Å². The molecule has 134 valence electrons. The number of amides is 4. The number of ether oxygens (including phenoxy) is 1. The lowest BCUT2D eigenvalue weighted by atomic mass is 10.1. The van der Waals surface area contributed by atoms with Crippen LogP contribution in [0.25, 0.3) is 0 Å². The molecule has 2 atom stereocenters. The number of primary amides is 1. The first-order valence-corrected chi connectivity index (χ1v) is 7.70. The van der Waals surface area contributed by atoms with Crippen molar-refractivity contribution < 1.29 is 23.9 Å². The van der Waals surface area contributed by atoms with E-state index in [1.807, 2.05) is 30.3 Å². The first kappa shape index (κ1) is 18.2. The Hall–Kier alpha value is -3.10. The van der Waals surface area contributed by atoms with E-state index >= 15 is 0 Å². The maximum Gasteiger partial charge on any atom is 0.410 e. The van der Waals surface area contributed by atoms with Crippen molar-refractivity contribution in [1.82, 2.24) is 15.5 Å². The van der Waals surface area contributed by atoms with Crippen LogP contribution in [0.5, 0.6) is 0 Å². The number of carbonyl (C=O) groups is 4. The van der Waals surface area contributed by atoms with Crippen molar-refractivity contribution in [2.75, 3.05) is 20.2 Å². The summed E-state index contributed by atoms with van der Waals surface area (Å²) in [5, 5.41) is 4.76. The van der Waals surface area contributed by atoms with E-state index in [-0.39, 0.29) is 19.6 Å². The van der Waals surface area contributed by atoms with Crippen LogP contribution in [0, 0.1) is 0 Å². The fourth-order valence-electron chi connectivity index (χ4n) is 2.56. The number of nitrogens with two attached hydrogens (primary N) is 1. The summed E-state index contributed by atoms with van der Waals surface area (Å²) in [7, 11) is 1.38. The third-order valence-corrected chi connectivity index (χ3v) is 3.78. The first-order chi connectivity index (χ1) is 11.9. The average Bonchev–Trinajstić information content (AvgIpc) is 2.94. The van der Waals surface area contributed by atoms with Gasteiger partial charge < -0.3 is 21.1 Å². The standard InChI is InChI=1S/C16H20N4O5/c1-18-15(23)11(7-13(17)21)19-14(22)8-20-12(9-25-16(20)24)10-5-3-2-4-6-10/h2-6,11-12H,7-9H2,1H3,(H2,17,21)(H,18,23)(H,19,22)/t11-,12-/m0/s1. The number of rotatable bonds is 7. The zero-order chi connectivity index (χ0) is 18.4. The van der Waals surface area contributed by atoms with E-state index in [9.17, 15) is 19.2 Å². The van der Waals surface area contributed by atoms with Crippen LogP contribution in [0.4, 0.5) is 4.79 Å². The molecule has 1 heterocycles. The second-order valence-electron chi connectivity index (χ2n) is 5.54. The molecule has 2 rings (SSSR count). The molecule has 1 aromatic carbocycles. The van der Waals surface area contributed by atoms with E-state index in [1.54, 1.807) is 0 Å². The Kier molecular flexibility index (Phi) is 5.93. The van der Waals surface area contributed by atoms with Crippen LogP contribution in [0.2, 0.25) is 0 Å². The van der Waals surface area contributed by atoms with Crippen LogP contribution >= 0.6 is 0 Å². The van der Waals surface area contributed by atoms with E-state index in [4.69, 9.17) is 10.5 Å². The number of likely N-dealkylation sites (N-methyl/N-ethyl adjacent to an activating group) is 1. The second-order valence-corrected chi connectivity index (χ2v) is 5.54. The van der Waals surface area contributed by atoms with Gasteiger partial charge in [0.05, 0.1) is 12.5 Å². The fraction of sp³-hybridized carbons (Fsp3) is 0.375. The zero-order valence-electron chi connectivity index (χ0n) is 13.7. The molecule has 0 aromatic heterocycles. The maximum atomic E-state index is 12.2. The number of cyclic esters (lactones) is 1. The Labute approximate surface area is 144 Å². The summed E-state index contributed by atoms with van der Waals surface area (Å²) in [6.45, 7) is -0.166. The molecular weight excluding hydrogens is 328 g/mol. The van der Waals surface area contributed by atoms with Crippen molar-refractivity contribution in [3.63, 3.8) is 0 Å². The molecule has 0 aliphatic carbocycles. The van der Waals surface area contributed by atoms with Crippen LogP contribution in [0.3, 0.4) is 0 Å². The Balaban J connectivity index is 2.05. The molecule has 9 nitrogen and oxygen atoms in total. The van der Waals surface area contributed by atoms with Gasteiger partial charge in [0.15, 0.2) is 0 Å². The lowest BCUT2D eigenvalue weighted by Crippen LogP contribution is -2.50. The Morgan fingerprint density at radius 3 is 2.60 bits per heavy atom. The summed E-state index contributed by atoms with van der Waals surface area (Å²) in [6.07, 6.45) is -0.951. The van der Waals surface area contributed by atoms with Crippen molar-refractivity contribution in [3.8, 4) is 0 Å². The summed E-state index contributed by atoms with van der Waals surface area (Å²) < 4.78 is 5.03. The molecular formula is C16H20N4O5. The molecule has 0 saturated carbocycles. The molecule has 4 amide bonds. The average molecular weight is 348 g/mol. The van der Waals surface area contributed by atoms with Gasteiger partial charge in [-0.15, -0.1) is 0 Å². The molecule has 0 unspecified atom stereocenters. The van der Waals surface area contributed by atoms with Gasteiger partial charge >= 0.3 is 6.09 Å². The molecule has 1 aliphatic rings. The minimum Gasteiger partial charge on any atom is -0.447 e. The summed E-state index contributed by atoms with van der Waals surface area (Å²) in [5.41, 5.74) is 5.92. The SMILES string of the molecule is CNC(=O)[C@H](CC(N)=O)NC(=O)CN1C(=O)OC[C@H]1c1ccccc1. The van der Waals surface area contributed by atoms with Crippen LogP contribution in [0.15, 0.2) is 30.3 Å². The maximum absolute atomic E-state index is 12.2. The van der Waals surface area contributed by atoms with E-state index in [1.165, 1.54) is 11.9 Å². The number of hydrogen-bond donors (Lipinski definition) is 3. The molecule has 9 heteroatoms. The highest BCUT2D eigenvalue weighted by molar-refractivity contribution is 5.92. The van der Waals surface area contributed by atoms with Crippen molar-refractivity contribution in [2.24, 2.45) is 5.73 Å². The van der Waals surface area contributed by atoms with Gasteiger partial charge in [0, 0.05) is 7.05 Å². The number of carbonyl (C=O) groups excluding carboxylic acids is 4. The van der Waals surface area contributed by atoms with E-state index in [0.717, 1.165) is 5.56 Å². The van der Waals surface area contributed by atoms with Gasteiger partial charge in [-0.3, -0.25) is 19.3 Å². The van der Waals surface area contributed by atoms with Gasteiger partial charge in [0.1, 0.15) is 19.2 Å². The number of nitrogens with one attached hydrogen (secondary N) is 2. The molecule has 0 radical (unpaired) electrons. The van der Waals surface area contributed by atoms with Crippen molar-refractivity contribution in [2.45, 2.75) is 18.5 Å². The van der Waals surface area contributed by atoms with Crippen molar-refractivity contribution in [1.29, 1.82) is 0 Å². The molecule has 0 bridgehead atoms. The fourth-order valence-corrected chi connectivity index (χ4v) is 2.56.